The summed E-state index contributed by atoms with van der Waals surface area (Å²) in [5.74, 6) is 1.81. The number of hydrogen-bond donors (Lipinski definition) is 2. The Balaban J connectivity index is 1.91. The fourth-order valence-electron chi connectivity index (χ4n) is 2.14. The van der Waals surface area contributed by atoms with Crippen LogP contribution in [-0.4, -0.2) is 21.7 Å². The molecule has 20 heavy (non-hydrogen) atoms. The molecule has 1 heterocycles. The van der Waals surface area contributed by atoms with E-state index < -0.39 is 0 Å². The predicted molar refractivity (Wildman–Crippen MR) is 83.2 cm³/mol. The highest BCUT2D eigenvalue weighted by atomic mass is 15.2. The van der Waals surface area contributed by atoms with Gasteiger partial charge in [-0.05, 0) is 37.1 Å². The fraction of sp³-hybridized carbons (Fsp3) is 0.500. The van der Waals surface area contributed by atoms with Crippen molar-refractivity contribution in [2.24, 2.45) is 0 Å². The Morgan fingerprint density at radius 3 is 2.30 bits per heavy atom. The Kier molecular flexibility index (Phi) is 4.12. The lowest BCUT2D eigenvalue weighted by Crippen LogP contribution is -2.13. The van der Waals surface area contributed by atoms with Gasteiger partial charge in [0.15, 0.2) is 5.82 Å². The molecule has 2 N–H and O–H groups in total. The molecule has 0 bridgehead atoms. The van der Waals surface area contributed by atoms with E-state index in [0.29, 0.717) is 0 Å². The summed E-state index contributed by atoms with van der Waals surface area (Å²) in [6, 6.07) is 6.50. The summed E-state index contributed by atoms with van der Waals surface area (Å²) < 4.78 is 0. The number of rotatable bonds is 4. The van der Waals surface area contributed by atoms with Gasteiger partial charge < -0.3 is 5.32 Å². The zero-order chi connectivity index (χ0) is 14.8. The van der Waals surface area contributed by atoms with Crippen LogP contribution in [0.15, 0.2) is 18.2 Å². The molecule has 0 saturated heterocycles. The smallest absolute Gasteiger partial charge is 0.155 e. The zero-order valence-electron chi connectivity index (χ0n) is 13.0. The Morgan fingerprint density at radius 2 is 1.75 bits per heavy atom. The first-order valence-corrected chi connectivity index (χ1v) is 7.08. The summed E-state index contributed by atoms with van der Waals surface area (Å²) in [5.41, 5.74) is 3.72. The number of aryl methyl sites for hydroxylation is 2. The van der Waals surface area contributed by atoms with Crippen LogP contribution in [0.1, 0.15) is 43.5 Å². The Labute approximate surface area is 121 Å². The molecular formula is C16H24N4. The summed E-state index contributed by atoms with van der Waals surface area (Å²) in [4.78, 5) is 4.54. The quantitative estimate of drug-likeness (QED) is 0.897. The minimum absolute atomic E-state index is 0.00413. The topological polar surface area (TPSA) is 53.6 Å². The van der Waals surface area contributed by atoms with Crippen molar-refractivity contribution in [2.45, 2.75) is 46.5 Å². The normalized spacial score (nSPS) is 11.7. The molecule has 0 fully saturated rings. The number of aromatic amines is 1. The number of benzene rings is 1. The van der Waals surface area contributed by atoms with Crippen molar-refractivity contribution >= 4 is 5.69 Å². The Morgan fingerprint density at radius 1 is 1.10 bits per heavy atom. The first-order valence-electron chi connectivity index (χ1n) is 7.08. The molecule has 2 aromatic rings. The van der Waals surface area contributed by atoms with E-state index in [1.165, 1.54) is 11.1 Å². The number of aromatic nitrogens is 3. The average Bonchev–Trinajstić information content (AvgIpc) is 2.76. The van der Waals surface area contributed by atoms with Gasteiger partial charge in [0.2, 0.25) is 0 Å². The third-order valence-corrected chi connectivity index (χ3v) is 3.12. The summed E-state index contributed by atoms with van der Waals surface area (Å²) in [6.45, 7) is 11.4. The average molecular weight is 272 g/mol. The minimum Gasteiger partial charge on any atom is -0.385 e. The lowest BCUT2D eigenvalue weighted by molar-refractivity contribution is 0.547. The number of H-pyrrole nitrogens is 1. The molecule has 0 amide bonds. The van der Waals surface area contributed by atoms with Crippen molar-refractivity contribution in [3.8, 4) is 0 Å². The van der Waals surface area contributed by atoms with Crippen LogP contribution in [-0.2, 0) is 11.8 Å². The van der Waals surface area contributed by atoms with Crippen molar-refractivity contribution < 1.29 is 0 Å². The molecule has 4 heteroatoms. The molecule has 0 spiro atoms. The molecule has 0 unspecified atom stereocenters. The lowest BCUT2D eigenvalue weighted by atomic mass is 9.96. The fourth-order valence-corrected chi connectivity index (χ4v) is 2.14. The molecule has 0 aliphatic carbocycles. The predicted octanol–water partition coefficient (Wildman–Crippen LogP) is 3.37. The van der Waals surface area contributed by atoms with E-state index >= 15 is 0 Å². The molecule has 4 nitrogen and oxygen atoms in total. The number of nitrogens with zero attached hydrogens (tertiary/aromatic N) is 2. The highest BCUT2D eigenvalue weighted by Gasteiger charge is 2.18. The molecule has 0 radical (unpaired) electrons. The van der Waals surface area contributed by atoms with Crippen LogP contribution >= 0.6 is 0 Å². The Hall–Kier alpha value is -1.84. The van der Waals surface area contributed by atoms with Gasteiger partial charge in [-0.1, -0.05) is 26.8 Å². The third kappa shape index (κ3) is 3.83. The van der Waals surface area contributed by atoms with Gasteiger partial charge in [-0.3, -0.25) is 5.10 Å². The molecule has 0 saturated carbocycles. The molecule has 1 aromatic carbocycles. The first-order chi connectivity index (χ1) is 9.34. The van der Waals surface area contributed by atoms with Gasteiger partial charge in [-0.15, -0.1) is 0 Å². The second-order valence-corrected chi connectivity index (χ2v) is 6.41. The second-order valence-electron chi connectivity index (χ2n) is 6.41. The van der Waals surface area contributed by atoms with Crippen molar-refractivity contribution in [3.63, 3.8) is 0 Å². The zero-order valence-corrected chi connectivity index (χ0v) is 13.0. The maximum atomic E-state index is 4.54. The van der Waals surface area contributed by atoms with Gasteiger partial charge >= 0.3 is 0 Å². The summed E-state index contributed by atoms with van der Waals surface area (Å²) in [5, 5.41) is 10.7. The monoisotopic (exact) mass is 272 g/mol. The summed E-state index contributed by atoms with van der Waals surface area (Å²) in [6.07, 6.45) is 0.843. The van der Waals surface area contributed by atoms with Crippen LogP contribution in [0, 0.1) is 13.8 Å². The molecule has 1 aromatic heterocycles. The van der Waals surface area contributed by atoms with Crippen LogP contribution in [0.4, 0.5) is 5.69 Å². The van der Waals surface area contributed by atoms with Crippen LogP contribution in [0.2, 0.25) is 0 Å². The van der Waals surface area contributed by atoms with E-state index in [0.717, 1.165) is 30.3 Å². The molecule has 0 aliphatic rings. The summed E-state index contributed by atoms with van der Waals surface area (Å²) in [7, 11) is 0. The van der Waals surface area contributed by atoms with Crippen LogP contribution in [0.25, 0.3) is 0 Å². The SMILES string of the molecule is Cc1cc(C)cc(NCCc2nc(C(C)(C)C)n[nH]2)c1. The van der Waals surface area contributed by atoms with Gasteiger partial charge in [-0.2, -0.15) is 5.10 Å². The van der Waals surface area contributed by atoms with Crippen molar-refractivity contribution in [1.82, 2.24) is 15.2 Å². The first kappa shape index (κ1) is 14.6. The highest BCUT2D eigenvalue weighted by molar-refractivity contribution is 5.48. The molecule has 108 valence electrons. The largest absolute Gasteiger partial charge is 0.385 e. The number of nitrogens with one attached hydrogen (secondary N) is 2. The maximum Gasteiger partial charge on any atom is 0.155 e. The van der Waals surface area contributed by atoms with Crippen LogP contribution in [0.5, 0.6) is 0 Å². The van der Waals surface area contributed by atoms with Crippen molar-refractivity contribution in [3.05, 3.63) is 41.0 Å². The Bertz CT molecular complexity index is 558. The molecule has 2 rings (SSSR count). The lowest BCUT2D eigenvalue weighted by Gasteiger charge is -2.12. The van der Waals surface area contributed by atoms with Crippen molar-refractivity contribution in [2.75, 3.05) is 11.9 Å². The standard InChI is InChI=1S/C16H24N4/c1-11-8-12(2)10-13(9-11)17-7-6-14-18-15(20-19-14)16(3,4)5/h8-10,17H,6-7H2,1-5H3,(H,18,19,20). The van der Waals surface area contributed by atoms with Gasteiger partial charge in [0.25, 0.3) is 0 Å². The number of hydrogen-bond acceptors (Lipinski definition) is 3. The van der Waals surface area contributed by atoms with Crippen LogP contribution < -0.4 is 5.32 Å². The summed E-state index contributed by atoms with van der Waals surface area (Å²) >= 11 is 0. The molecule has 0 atom stereocenters. The van der Waals surface area contributed by atoms with E-state index in [-0.39, 0.29) is 5.41 Å². The minimum atomic E-state index is -0.00413. The second kappa shape index (κ2) is 5.65. The maximum absolute atomic E-state index is 4.54. The van der Waals surface area contributed by atoms with Gasteiger partial charge in [0, 0.05) is 24.1 Å². The van der Waals surface area contributed by atoms with Crippen molar-refractivity contribution in [1.29, 1.82) is 0 Å². The van der Waals surface area contributed by atoms with Crippen LogP contribution in [0.3, 0.4) is 0 Å². The molecular weight excluding hydrogens is 248 g/mol. The van der Waals surface area contributed by atoms with E-state index in [1.54, 1.807) is 0 Å². The van der Waals surface area contributed by atoms with E-state index in [4.69, 9.17) is 0 Å². The van der Waals surface area contributed by atoms with Gasteiger partial charge in [-0.25, -0.2) is 4.98 Å². The number of anilines is 1. The van der Waals surface area contributed by atoms with Gasteiger partial charge in [0.1, 0.15) is 5.82 Å². The van der Waals surface area contributed by atoms with E-state index in [9.17, 15) is 0 Å². The third-order valence-electron chi connectivity index (χ3n) is 3.12. The molecule has 0 aliphatic heterocycles. The van der Waals surface area contributed by atoms with Gasteiger partial charge in [0.05, 0.1) is 0 Å². The highest BCUT2D eigenvalue weighted by Crippen LogP contribution is 2.17. The van der Waals surface area contributed by atoms with E-state index in [1.807, 2.05) is 0 Å². The van der Waals surface area contributed by atoms with E-state index in [2.05, 4.69) is 73.3 Å².